The molecule has 0 amide bonds. The maximum Gasteiger partial charge on any atom is 0.188 e. The molecule has 1 aromatic carbocycles. The zero-order chi connectivity index (χ0) is 19.2. The van der Waals surface area contributed by atoms with Crippen LogP contribution in [0, 0.1) is 11.8 Å². The quantitative estimate of drug-likeness (QED) is 0.612. The van der Waals surface area contributed by atoms with Crippen molar-refractivity contribution in [2.75, 3.05) is 19.7 Å². The summed E-state index contributed by atoms with van der Waals surface area (Å²) in [6.07, 6.45) is 3.61. The summed E-state index contributed by atoms with van der Waals surface area (Å²) in [5.74, 6) is 1.41. The van der Waals surface area contributed by atoms with Gasteiger partial charge in [0.2, 0.25) is 0 Å². The van der Waals surface area contributed by atoms with E-state index in [0.29, 0.717) is 12.2 Å². The van der Waals surface area contributed by atoms with Crippen LogP contribution in [0.15, 0.2) is 24.3 Å². The molecule has 0 saturated heterocycles. The number of Topliss-reactive ketones (excluding diaryl/α,β-unsaturated/α-hetero) is 1. The van der Waals surface area contributed by atoms with Crippen LogP contribution in [0.2, 0.25) is 0 Å². The number of carbonyl (C=O) groups excluding carboxylic acids is 1. The number of sulfone groups is 1. The lowest BCUT2D eigenvalue weighted by atomic mass is 9.79. The summed E-state index contributed by atoms with van der Waals surface area (Å²) in [5.41, 5.74) is 0.938. The Morgan fingerprint density at radius 3 is 2.50 bits per heavy atom. The lowest BCUT2D eigenvalue weighted by Gasteiger charge is -2.28. The molecule has 1 aliphatic carbocycles. The highest BCUT2D eigenvalue weighted by Crippen LogP contribution is 2.31. The highest BCUT2D eigenvalue weighted by molar-refractivity contribution is 7.91. The Labute approximate surface area is 157 Å². The van der Waals surface area contributed by atoms with Gasteiger partial charge in [-0.1, -0.05) is 12.1 Å². The third kappa shape index (κ3) is 6.09. The second-order valence-corrected chi connectivity index (χ2v) is 10.0. The van der Waals surface area contributed by atoms with Gasteiger partial charge in [0.25, 0.3) is 0 Å². The van der Waals surface area contributed by atoms with Gasteiger partial charge in [0, 0.05) is 19.4 Å². The van der Waals surface area contributed by atoms with Crippen LogP contribution in [0.4, 0.5) is 0 Å². The van der Waals surface area contributed by atoms with Crippen LogP contribution in [0.5, 0.6) is 5.75 Å². The third-order valence-corrected chi connectivity index (χ3v) is 7.48. The molecule has 0 radical (unpaired) electrons. The molecule has 0 unspecified atom stereocenters. The standard InChI is InChI=1S/C20H30O5S/c1-15(2)26(22,23)13-16-7-9-18(10-8-16)20(21)12-17-5-4-6-19(11-17)25-14-24-3/h4-6,11,15-16,18H,7-10,12-14H2,1-3H3. The predicted molar refractivity (Wildman–Crippen MR) is 102 cm³/mol. The molecule has 1 fully saturated rings. The van der Waals surface area contributed by atoms with E-state index in [4.69, 9.17) is 9.47 Å². The minimum atomic E-state index is -3.01. The molecule has 0 atom stereocenters. The zero-order valence-corrected chi connectivity index (χ0v) is 16.8. The zero-order valence-electron chi connectivity index (χ0n) is 15.9. The van der Waals surface area contributed by atoms with Gasteiger partial charge in [-0.2, -0.15) is 0 Å². The van der Waals surface area contributed by atoms with Crippen LogP contribution in [0.3, 0.4) is 0 Å². The molecule has 0 heterocycles. The molecular formula is C20H30O5S. The summed E-state index contributed by atoms with van der Waals surface area (Å²) in [6.45, 7) is 3.64. The van der Waals surface area contributed by atoms with Crippen molar-refractivity contribution in [2.45, 2.75) is 51.2 Å². The maximum absolute atomic E-state index is 12.6. The van der Waals surface area contributed by atoms with Crippen molar-refractivity contribution >= 4 is 15.6 Å². The van der Waals surface area contributed by atoms with Crippen molar-refractivity contribution in [2.24, 2.45) is 11.8 Å². The van der Waals surface area contributed by atoms with Crippen molar-refractivity contribution < 1.29 is 22.7 Å². The van der Waals surface area contributed by atoms with E-state index in [1.165, 1.54) is 0 Å². The van der Waals surface area contributed by atoms with Gasteiger partial charge in [-0.3, -0.25) is 4.79 Å². The summed E-state index contributed by atoms with van der Waals surface area (Å²) in [4.78, 5) is 12.6. The normalized spacial score (nSPS) is 20.9. The minimum Gasteiger partial charge on any atom is -0.468 e. The second-order valence-electron chi connectivity index (χ2n) is 7.44. The van der Waals surface area contributed by atoms with E-state index in [9.17, 15) is 13.2 Å². The minimum absolute atomic E-state index is 0.0385. The van der Waals surface area contributed by atoms with Crippen molar-refractivity contribution in [1.82, 2.24) is 0 Å². The van der Waals surface area contributed by atoms with Gasteiger partial charge in [-0.15, -0.1) is 0 Å². The van der Waals surface area contributed by atoms with Gasteiger partial charge < -0.3 is 9.47 Å². The van der Waals surface area contributed by atoms with Gasteiger partial charge in [0.1, 0.15) is 11.5 Å². The number of carbonyl (C=O) groups is 1. The van der Waals surface area contributed by atoms with E-state index in [2.05, 4.69) is 0 Å². The van der Waals surface area contributed by atoms with E-state index in [0.717, 1.165) is 31.2 Å². The van der Waals surface area contributed by atoms with E-state index in [1.54, 1.807) is 21.0 Å². The molecule has 146 valence electrons. The number of benzene rings is 1. The van der Waals surface area contributed by atoms with Crippen molar-refractivity contribution in [1.29, 1.82) is 0 Å². The molecule has 1 aromatic rings. The average Bonchev–Trinajstić information content (AvgIpc) is 2.60. The Morgan fingerprint density at radius 1 is 1.19 bits per heavy atom. The third-order valence-electron chi connectivity index (χ3n) is 5.11. The maximum atomic E-state index is 12.6. The van der Waals surface area contributed by atoms with Gasteiger partial charge in [-0.05, 0) is 63.1 Å². The number of ether oxygens (including phenoxy) is 2. The Morgan fingerprint density at radius 2 is 1.88 bits per heavy atom. The topological polar surface area (TPSA) is 69.7 Å². The first-order chi connectivity index (χ1) is 12.3. The molecule has 0 aromatic heterocycles. The van der Waals surface area contributed by atoms with Crippen molar-refractivity contribution in [3.63, 3.8) is 0 Å². The second kappa shape index (κ2) is 9.51. The number of ketones is 1. The molecule has 2 rings (SSSR count). The number of methoxy groups -OCH3 is 1. The Bertz CT molecular complexity index is 688. The van der Waals surface area contributed by atoms with Crippen LogP contribution < -0.4 is 4.74 Å². The first kappa shape index (κ1) is 20.9. The fraction of sp³-hybridized carbons (Fsp3) is 0.650. The molecule has 0 N–H and O–H groups in total. The Balaban J connectivity index is 1.85. The predicted octanol–water partition coefficient (Wildman–Crippen LogP) is 3.41. The smallest absolute Gasteiger partial charge is 0.188 e. The molecule has 5 nitrogen and oxygen atoms in total. The summed E-state index contributed by atoms with van der Waals surface area (Å²) >= 11 is 0. The van der Waals surface area contributed by atoms with Crippen LogP contribution in [0.25, 0.3) is 0 Å². The summed E-state index contributed by atoms with van der Waals surface area (Å²) in [5, 5.41) is -0.325. The molecule has 1 saturated carbocycles. The molecule has 0 bridgehead atoms. The molecule has 0 spiro atoms. The highest BCUT2D eigenvalue weighted by Gasteiger charge is 2.29. The summed E-state index contributed by atoms with van der Waals surface area (Å²) < 4.78 is 34.5. The van der Waals surface area contributed by atoms with E-state index in [-0.39, 0.29) is 35.4 Å². The average molecular weight is 383 g/mol. The van der Waals surface area contributed by atoms with Crippen molar-refractivity contribution in [3.05, 3.63) is 29.8 Å². The SMILES string of the molecule is COCOc1cccc(CC(=O)C2CCC(CS(=O)(=O)C(C)C)CC2)c1. The fourth-order valence-electron chi connectivity index (χ4n) is 3.39. The Kier molecular flexibility index (Phi) is 7.65. The highest BCUT2D eigenvalue weighted by atomic mass is 32.2. The lowest BCUT2D eigenvalue weighted by molar-refractivity contribution is -0.123. The lowest BCUT2D eigenvalue weighted by Crippen LogP contribution is -2.29. The van der Waals surface area contributed by atoms with E-state index in [1.807, 2.05) is 24.3 Å². The monoisotopic (exact) mass is 382 g/mol. The largest absolute Gasteiger partial charge is 0.468 e. The van der Waals surface area contributed by atoms with Gasteiger partial charge in [0.05, 0.1) is 11.0 Å². The Hall–Kier alpha value is -1.40. The number of hydrogen-bond donors (Lipinski definition) is 0. The molecule has 0 aliphatic heterocycles. The van der Waals surface area contributed by atoms with Crippen LogP contribution in [-0.4, -0.2) is 39.1 Å². The number of hydrogen-bond acceptors (Lipinski definition) is 5. The van der Waals surface area contributed by atoms with Crippen LogP contribution in [0.1, 0.15) is 45.1 Å². The molecule has 1 aliphatic rings. The van der Waals surface area contributed by atoms with E-state index < -0.39 is 9.84 Å². The first-order valence-corrected chi connectivity index (χ1v) is 11.0. The number of rotatable bonds is 9. The van der Waals surface area contributed by atoms with Crippen molar-refractivity contribution in [3.8, 4) is 5.75 Å². The van der Waals surface area contributed by atoms with Crippen LogP contribution >= 0.6 is 0 Å². The van der Waals surface area contributed by atoms with E-state index >= 15 is 0 Å². The summed E-state index contributed by atoms with van der Waals surface area (Å²) in [6, 6.07) is 7.52. The first-order valence-electron chi connectivity index (χ1n) is 9.26. The summed E-state index contributed by atoms with van der Waals surface area (Å²) in [7, 11) is -1.44. The molecule has 6 heteroatoms. The van der Waals surface area contributed by atoms with Gasteiger partial charge >= 0.3 is 0 Å². The fourth-order valence-corrected chi connectivity index (χ4v) is 4.77. The molecule has 26 heavy (non-hydrogen) atoms. The van der Waals surface area contributed by atoms with Gasteiger partial charge in [-0.25, -0.2) is 8.42 Å². The van der Waals surface area contributed by atoms with Gasteiger partial charge in [0.15, 0.2) is 16.6 Å². The molecular weight excluding hydrogens is 352 g/mol. The van der Waals surface area contributed by atoms with Crippen LogP contribution in [-0.2, 0) is 25.8 Å².